The van der Waals surface area contributed by atoms with Gasteiger partial charge in [0.05, 0.1) is 6.20 Å². The molecule has 0 unspecified atom stereocenters. The summed E-state index contributed by atoms with van der Waals surface area (Å²) in [5.41, 5.74) is 2.63. The van der Waals surface area contributed by atoms with E-state index in [4.69, 9.17) is 0 Å². The molecule has 1 heterocycles. The van der Waals surface area contributed by atoms with Crippen molar-refractivity contribution in [3.05, 3.63) is 17.5 Å². The molecule has 0 saturated heterocycles. The second-order valence-corrected chi connectivity index (χ2v) is 4.23. The first-order valence-electron chi connectivity index (χ1n) is 5.29. The maximum absolute atomic E-state index is 4.22. The van der Waals surface area contributed by atoms with E-state index in [-0.39, 0.29) is 0 Å². The number of aromatic nitrogens is 2. The van der Waals surface area contributed by atoms with Crippen LogP contribution in [0.5, 0.6) is 0 Å². The summed E-state index contributed by atoms with van der Waals surface area (Å²) in [6.45, 7) is 8.71. The van der Waals surface area contributed by atoms with Crippen LogP contribution >= 0.6 is 0 Å². The average molecular weight is 195 g/mol. The van der Waals surface area contributed by atoms with Gasteiger partial charge in [0.2, 0.25) is 0 Å². The third-order valence-electron chi connectivity index (χ3n) is 2.46. The van der Waals surface area contributed by atoms with Crippen molar-refractivity contribution in [3.8, 4) is 0 Å². The molecule has 0 aliphatic rings. The van der Waals surface area contributed by atoms with Gasteiger partial charge in [0.15, 0.2) is 0 Å². The fourth-order valence-corrected chi connectivity index (χ4v) is 1.40. The van der Waals surface area contributed by atoms with E-state index in [9.17, 15) is 0 Å². The predicted molar refractivity (Wildman–Crippen MR) is 59.4 cm³/mol. The fourth-order valence-electron chi connectivity index (χ4n) is 1.40. The van der Waals surface area contributed by atoms with Gasteiger partial charge >= 0.3 is 0 Å². The SMILES string of the molecule is Cc1c(CCNCC(C)C)cnn1C. The molecule has 0 spiro atoms. The van der Waals surface area contributed by atoms with Crippen LogP contribution in [0.4, 0.5) is 0 Å². The average Bonchev–Trinajstić information content (AvgIpc) is 2.43. The molecule has 1 aromatic heterocycles. The van der Waals surface area contributed by atoms with Gasteiger partial charge in [0.25, 0.3) is 0 Å². The van der Waals surface area contributed by atoms with E-state index in [0.717, 1.165) is 25.4 Å². The summed E-state index contributed by atoms with van der Waals surface area (Å²) in [6, 6.07) is 0. The van der Waals surface area contributed by atoms with Crippen LogP contribution in [0, 0.1) is 12.8 Å². The van der Waals surface area contributed by atoms with Crippen molar-refractivity contribution in [1.29, 1.82) is 0 Å². The molecular weight excluding hydrogens is 174 g/mol. The summed E-state index contributed by atoms with van der Waals surface area (Å²) < 4.78 is 1.93. The van der Waals surface area contributed by atoms with Crippen LogP contribution in [0.1, 0.15) is 25.1 Å². The molecular formula is C11H21N3. The first-order chi connectivity index (χ1) is 6.61. The molecule has 0 aromatic carbocycles. The normalized spacial score (nSPS) is 11.2. The molecule has 80 valence electrons. The summed E-state index contributed by atoms with van der Waals surface area (Å²) in [7, 11) is 1.99. The van der Waals surface area contributed by atoms with Crippen LogP contribution in [0.3, 0.4) is 0 Å². The molecule has 0 aliphatic heterocycles. The minimum absolute atomic E-state index is 0.727. The smallest absolute Gasteiger partial charge is 0.0524 e. The Kier molecular flexibility index (Phi) is 4.14. The van der Waals surface area contributed by atoms with Gasteiger partial charge in [0, 0.05) is 12.7 Å². The zero-order valence-electron chi connectivity index (χ0n) is 9.67. The molecule has 0 atom stereocenters. The molecule has 0 aliphatic carbocycles. The Morgan fingerprint density at radius 2 is 2.21 bits per heavy atom. The van der Waals surface area contributed by atoms with Crippen LogP contribution in [-0.2, 0) is 13.5 Å². The zero-order valence-corrected chi connectivity index (χ0v) is 9.67. The van der Waals surface area contributed by atoms with E-state index in [1.54, 1.807) is 0 Å². The van der Waals surface area contributed by atoms with Crippen molar-refractivity contribution >= 4 is 0 Å². The van der Waals surface area contributed by atoms with E-state index >= 15 is 0 Å². The van der Waals surface area contributed by atoms with Gasteiger partial charge in [-0.3, -0.25) is 4.68 Å². The lowest BCUT2D eigenvalue weighted by molar-refractivity contribution is 0.554. The third-order valence-corrected chi connectivity index (χ3v) is 2.46. The minimum Gasteiger partial charge on any atom is -0.316 e. The van der Waals surface area contributed by atoms with Crippen molar-refractivity contribution in [3.63, 3.8) is 0 Å². The van der Waals surface area contributed by atoms with Gasteiger partial charge in [-0.2, -0.15) is 5.10 Å². The van der Waals surface area contributed by atoms with E-state index in [2.05, 4.69) is 31.2 Å². The Bertz CT molecular complexity index is 276. The number of nitrogens with zero attached hydrogens (tertiary/aromatic N) is 2. The number of rotatable bonds is 5. The van der Waals surface area contributed by atoms with Crippen LogP contribution in [-0.4, -0.2) is 22.9 Å². The molecule has 0 radical (unpaired) electrons. The first-order valence-corrected chi connectivity index (χ1v) is 5.29. The lowest BCUT2D eigenvalue weighted by atomic mass is 10.2. The second kappa shape index (κ2) is 5.15. The number of aryl methyl sites for hydroxylation is 1. The number of nitrogens with one attached hydrogen (secondary N) is 1. The standard InChI is InChI=1S/C11H21N3/c1-9(2)7-12-6-5-11-8-13-14(4)10(11)3/h8-9,12H,5-7H2,1-4H3. The summed E-state index contributed by atoms with van der Waals surface area (Å²) in [4.78, 5) is 0. The Morgan fingerprint density at radius 3 is 2.71 bits per heavy atom. The number of hydrogen-bond acceptors (Lipinski definition) is 2. The van der Waals surface area contributed by atoms with Gasteiger partial charge in [0.1, 0.15) is 0 Å². The largest absolute Gasteiger partial charge is 0.316 e. The second-order valence-electron chi connectivity index (χ2n) is 4.23. The topological polar surface area (TPSA) is 29.9 Å². The Hall–Kier alpha value is -0.830. The summed E-state index contributed by atoms with van der Waals surface area (Å²) >= 11 is 0. The molecule has 3 nitrogen and oxygen atoms in total. The third kappa shape index (κ3) is 3.14. The quantitative estimate of drug-likeness (QED) is 0.722. The summed E-state index contributed by atoms with van der Waals surface area (Å²) in [6.07, 6.45) is 3.04. The van der Waals surface area contributed by atoms with Crippen molar-refractivity contribution in [2.75, 3.05) is 13.1 Å². The summed E-state index contributed by atoms with van der Waals surface area (Å²) in [5, 5.41) is 7.65. The highest BCUT2D eigenvalue weighted by Gasteiger charge is 2.02. The predicted octanol–water partition coefficient (Wildman–Crippen LogP) is 1.52. The molecule has 1 aromatic rings. The lowest BCUT2D eigenvalue weighted by Gasteiger charge is -2.06. The molecule has 14 heavy (non-hydrogen) atoms. The van der Waals surface area contributed by atoms with Crippen molar-refractivity contribution < 1.29 is 0 Å². The lowest BCUT2D eigenvalue weighted by Crippen LogP contribution is -2.22. The van der Waals surface area contributed by atoms with E-state index in [0.29, 0.717) is 0 Å². The fraction of sp³-hybridized carbons (Fsp3) is 0.727. The van der Waals surface area contributed by atoms with Crippen LogP contribution in [0.25, 0.3) is 0 Å². The molecule has 1 N–H and O–H groups in total. The highest BCUT2D eigenvalue weighted by molar-refractivity contribution is 5.15. The molecule has 0 amide bonds. The molecule has 0 saturated carbocycles. The Balaban J connectivity index is 2.28. The van der Waals surface area contributed by atoms with Gasteiger partial charge in [-0.1, -0.05) is 13.8 Å². The molecule has 0 bridgehead atoms. The van der Waals surface area contributed by atoms with Crippen molar-refractivity contribution in [1.82, 2.24) is 15.1 Å². The van der Waals surface area contributed by atoms with E-state index in [1.165, 1.54) is 11.3 Å². The van der Waals surface area contributed by atoms with Gasteiger partial charge in [-0.05, 0) is 37.9 Å². The molecule has 3 heteroatoms. The van der Waals surface area contributed by atoms with Crippen LogP contribution < -0.4 is 5.32 Å². The Morgan fingerprint density at radius 1 is 1.50 bits per heavy atom. The van der Waals surface area contributed by atoms with Gasteiger partial charge < -0.3 is 5.32 Å². The van der Waals surface area contributed by atoms with Crippen LogP contribution in [0.15, 0.2) is 6.20 Å². The first kappa shape index (κ1) is 11.2. The van der Waals surface area contributed by atoms with Gasteiger partial charge in [-0.15, -0.1) is 0 Å². The monoisotopic (exact) mass is 195 g/mol. The minimum atomic E-state index is 0.727. The van der Waals surface area contributed by atoms with Crippen LogP contribution in [0.2, 0.25) is 0 Å². The van der Waals surface area contributed by atoms with Crippen molar-refractivity contribution in [2.45, 2.75) is 27.2 Å². The van der Waals surface area contributed by atoms with Gasteiger partial charge in [-0.25, -0.2) is 0 Å². The molecule has 1 rings (SSSR count). The maximum Gasteiger partial charge on any atom is 0.0524 e. The Labute approximate surface area is 86.5 Å². The van der Waals surface area contributed by atoms with Crippen molar-refractivity contribution in [2.24, 2.45) is 13.0 Å². The number of hydrogen-bond donors (Lipinski definition) is 1. The summed E-state index contributed by atoms with van der Waals surface area (Å²) in [5.74, 6) is 0.727. The highest BCUT2D eigenvalue weighted by Crippen LogP contribution is 2.05. The molecule has 0 fully saturated rings. The zero-order chi connectivity index (χ0) is 10.6. The van der Waals surface area contributed by atoms with E-state index in [1.807, 2.05) is 17.9 Å². The maximum atomic E-state index is 4.22. The highest BCUT2D eigenvalue weighted by atomic mass is 15.3. The van der Waals surface area contributed by atoms with E-state index < -0.39 is 0 Å².